The van der Waals surface area contributed by atoms with Gasteiger partial charge in [0.1, 0.15) is 0 Å². The van der Waals surface area contributed by atoms with Crippen LogP contribution in [0.3, 0.4) is 0 Å². The van der Waals surface area contributed by atoms with Crippen LogP contribution in [-0.4, -0.2) is 8.80 Å². The van der Waals surface area contributed by atoms with Gasteiger partial charge in [-0.2, -0.15) is 0 Å². The number of hydrogen-bond acceptors (Lipinski definition) is 0. The van der Waals surface area contributed by atoms with E-state index in [2.05, 4.69) is 25.9 Å². The molecule has 0 heterocycles. The summed E-state index contributed by atoms with van der Waals surface area (Å²) in [5.41, 5.74) is 0. The van der Waals surface area contributed by atoms with E-state index in [1.165, 1.54) is 18.9 Å². The van der Waals surface area contributed by atoms with E-state index in [4.69, 9.17) is 6.42 Å². The van der Waals surface area contributed by atoms with Gasteiger partial charge in [0.05, 0.1) is 0 Å². The topological polar surface area (TPSA) is 0 Å². The van der Waals surface area contributed by atoms with E-state index in [9.17, 15) is 0 Å². The van der Waals surface area contributed by atoms with Crippen LogP contribution in [-0.2, 0) is 0 Å². The van der Waals surface area contributed by atoms with Crippen molar-refractivity contribution in [1.29, 1.82) is 0 Å². The number of terminal acetylenes is 1. The Bertz CT molecular complexity index is 89.5. The maximum Gasteiger partial charge on any atom is 0.0412 e. The molecule has 0 saturated carbocycles. The van der Waals surface area contributed by atoms with Gasteiger partial charge in [0.15, 0.2) is 0 Å². The largest absolute Gasteiger partial charge is 0.120 e. The Morgan fingerprint density at radius 1 is 1.27 bits per heavy atom. The fourth-order valence-electron chi connectivity index (χ4n) is 0.530. The molecule has 0 aliphatic carbocycles. The molecule has 0 atom stereocenters. The van der Waals surface area contributed by atoms with Crippen LogP contribution in [0.1, 0.15) is 33.1 Å². The summed E-state index contributed by atoms with van der Waals surface area (Å²) in [7, 11) is 0.103. The second kappa shape index (κ2) is 12.5. The van der Waals surface area contributed by atoms with Gasteiger partial charge in [-0.15, -0.1) is 12.3 Å². The van der Waals surface area contributed by atoms with Gasteiger partial charge in [-0.1, -0.05) is 45.8 Å². The summed E-state index contributed by atoms with van der Waals surface area (Å²) in [4.78, 5) is 0. The Hall–Kier alpha value is -0.223. The molecule has 0 fully saturated rings. The Kier molecular flexibility index (Phi) is 15.1. The molecule has 0 aromatic carbocycles. The second-order valence-corrected chi connectivity index (χ2v) is 5.78. The predicted molar refractivity (Wildman–Crippen MR) is 56.3 cm³/mol. The maximum atomic E-state index is 4.78. The minimum atomic E-state index is 0.103. The van der Waals surface area contributed by atoms with E-state index < -0.39 is 0 Å². The Morgan fingerprint density at radius 2 is 1.73 bits per heavy atom. The molecule has 0 aliphatic heterocycles. The van der Waals surface area contributed by atoms with E-state index in [0.29, 0.717) is 0 Å². The quantitative estimate of drug-likeness (QED) is 0.447. The lowest BCUT2D eigenvalue weighted by Crippen LogP contribution is -1.96. The number of rotatable bonds is 3. The average molecular weight is 169 g/mol. The Balaban J connectivity index is 0. The first kappa shape index (κ1) is 13.4. The molecule has 0 spiro atoms. The molecular formula is C10H21Si. The van der Waals surface area contributed by atoms with Gasteiger partial charge in [-0.3, -0.25) is 0 Å². The molecule has 0 amide bonds. The van der Waals surface area contributed by atoms with Crippen LogP contribution >= 0.6 is 0 Å². The molecule has 0 aromatic rings. The van der Waals surface area contributed by atoms with Gasteiger partial charge < -0.3 is 0 Å². The highest BCUT2D eigenvalue weighted by Crippen LogP contribution is 1.98. The summed E-state index contributed by atoms with van der Waals surface area (Å²) in [6.07, 6.45) is 8.44. The molecule has 11 heavy (non-hydrogen) atoms. The van der Waals surface area contributed by atoms with E-state index in [1.54, 1.807) is 0 Å². The fraction of sp³-hybridized carbons (Fsp3) is 0.800. The van der Waals surface area contributed by atoms with Crippen LogP contribution in [0.4, 0.5) is 0 Å². The standard InChI is InChI=1S/C6H15Si.C4H6/c1-4-5-6-7(2)3;1-3-4-2/h4-6H2,1-3H3;1H,4H2,2H3. The molecule has 0 N–H and O–H groups in total. The van der Waals surface area contributed by atoms with Crippen molar-refractivity contribution in [3.05, 3.63) is 0 Å². The summed E-state index contributed by atoms with van der Waals surface area (Å²) in [6, 6.07) is 1.50. The van der Waals surface area contributed by atoms with E-state index >= 15 is 0 Å². The average Bonchev–Trinajstić information content (AvgIpc) is 2.01. The lowest BCUT2D eigenvalue weighted by Gasteiger charge is -1.96. The zero-order valence-corrected chi connectivity index (χ0v) is 9.41. The van der Waals surface area contributed by atoms with Crippen LogP contribution in [0.2, 0.25) is 19.1 Å². The zero-order valence-electron chi connectivity index (χ0n) is 8.41. The normalized spacial score (nSPS) is 8.36. The fourth-order valence-corrected chi connectivity index (χ4v) is 1.59. The molecule has 0 unspecified atom stereocenters. The summed E-state index contributed by atoms with van der Waals surface area (Å²) in [6.45, 7) is 8.95. The van der Waals surface area contributed by atoms with Crippen LogP contribution in [0.5, 0.6) is 0 Å². The van der Waals surface area contributed by atoms with Crippen molar-refractivity contribution in [2.45, 2.75) is 52.2 Å². The van der Waals surface area contributed by atoms with Gasteiger partial charge in [-0.25, -0.2) is 0 Å². The summed E-state index contributed by atoms with van der Waals surface area (Å²) < 4.78 is 0. The van der Waals surface area contributed by atoms with E-state index in [0.717, 1.165) is 6.42 Å². The molecule has 65 valence electrons. The number of hydrogen-bond donors (Lipinski definition) is 0. The monoisotopic (exact) mass is 169 g/mol. The van der Waals surface area contributed by atoms with Gasteiger partial charge in [0.2, 0.25) is 0 Å². The first-order valence-electron chi connectivity index (χ1n) is 4.41. The van der Waals surface area contributed by atoms with Gasteiger partial charge >= 0.3 is 0 Å². The van der Waals surface area contributed by atoms with Gasteiger partial charge in [0.25, 0.3) is 0 Å². The highest BCUT2D eigenvalue weighted by molar-refractivity contribution is 6.55. The Morgan fingerprint density at radius 3 is 1.82 bits per heavy atom. The van der Waals surface area contributed by atoms with Crippen molar-refractivity contribution in [1.82, 2.24) is 0 Å². The molecule has 0 aliphatic rings. The smallest absolute Gasteiger partial charge is 0.0412 e. The van der Waals surface area contributed by atoms with Gasteiger partial charge in [-0.05, 0) is 0 Å². The lowest BCUT2D eigenvalue weighted by molar-refractivity contribution is 0.875. The van der Waals surface area contributed by atoms with E-state index in [1.807, 2.05) is 6.92 Å². The third-order valence-corrected chi connectivity index (χ3v) is 2.59. The predicted octanol–water partition coefficient (Wildman–Crippen LogP) is 3.57. The van der Waals surface area contributed by atoms with Gasteiger partial charge in [0, 0.05) is 15.2 Å². The molecule has 0 saturated heterocycles. The summed E-state index contributed by atoms with van der Waals surface area (Å²) in [5.74, 6) is 2.43. The molecule has 0 bridgehead atoms. The molecule has 0 nitrogen and oxygen atoms in total. The molecule has 1 heteroatoms. The second-order valence-electron chi connectivity index (χ2n) is 2.87. The molecular weight excluding hydrogens is 148 g/mol. The minimum absolute atomic E-state index is 0.103. The maximum absolute atomic E-state index is 4.78. The van der Waals surface area contributed by atoms with Crippen LogP contribution < -0.4 is 0 Å². The highest BCUT2D eigenvalue weighted by atomic mass is 28.3. The first-order chi connectivity index (χ1) is 5.18. The van der Waals surface area contributed by atoms with Crippen LogP contribution in [0.15, 0.2) is 0 Å². The first-order valence-corrected chi connectivity index (χ1v) is 7.12. The summed E-state index contributed by atoms with van der Waals surface area (Å²) in [5, 5.41) is 0. The molecule has 0 rings (SSSR count). The lowest BCUT2D eigenvalue weighted by atomic mass is 10.4. The third-order valence-electron chi connectivity index (χ3n) is 1.23. The molecule has 1 radical (unpaired) electrons. The molecule has 0 aromatic heterocycles. The van der Waals surface area contributed by atoms with Crippen molar-refractivity contribution >= 4 is 8.80 Å². The van der Waals surface area contributed by atoms with E-state index in [-0.39, 0.29) is 8.80 Å². The van der Waals surface area contributed by atoms with Crippen molar-refractivity contribution in [2.75, 3.05) is 0 Å². The number of unbranched alkanes of at least 4 members (excludes halogenated alkanes) is 1. The van der Waals surface area contributed by atoms with Crippen molar-refractivity contribution in [2.24, 2.45) is 0 Å². The van der Waals surface area contributed by atoms with Crippen molar-refractivity contribution in [3.63, 3.8) is 0 Å². The summed E-state index contributed by atoms with van der Waals surface area (Å²) >= 11 is 0. The third kappa shape index (κ3) is 25.9. The van der Waals surface area contributed by atoms with Crippen molar-refractivity contribution < 1.29 is 0 Å². The highest BCUT2D eigenvalue weighted by Gasteiger charge is 1.91. The van der Waals surface area contributed by atoms with Crippen LogP contribution in [0, 0.1) is 12.3 Å². The Labute approximate surface area is 74.0 Å². The zero-order chi connectivity index (χ0) is 9.11. The van der Waals surface area contributed by atoms with Crippen LogP contribution in [0.25, 0.3) is 0 Å². The minimum Gasteiger partial charge on any atom is -0.120 e. The van der Waals surface area contributed by atoms with Crippen molar-refractivity contribution in [3.8, 4) is 12.3 Å². The SMILES string of the molecule is C#CCC.CCCC[Si](C)C.